The molecule has 1 aromatic rings. The Morgan fingerprint density at radius 2 is 1.88 bits per heavy atom. The van der Waals surface area contributed by atoms with Crippen LogP contribution in [-0.2, 0) is 10.2 Å². The number of aliphatic hydroxyl groups is 1. The number of benzene rings is 1. The number of carboxylic acid groups (broad SMARTS) is 1. The second-order valence-electron chi connectivity index (χ2n) is 3.71. The summed E-state index contributed by atoms with van der Waals surface area (Å²) in [5.41, 5.74) is -2.28. The number of halogens is 2. The molecule has 88 valence electrons. The summed E-state index contributed by atoms with van der Waals surface area (Å²) in [6, 6.07) is 3.16. The lowest BCUT2D eigenvalue weighted by Gasteiger charge is -2.25. The minimum atomic E-state index is -1.76. The molecule has 1 aromatic carbocycles. The van der Waals surface area contributed by atoms with E-state index in [1.807, 2.05) is 0 Å². The van der Waals surface area contributed by atoms with E-state index < -0.39 is 35.2 Å². The normalized spacial score (nSPS) is 14.5. The highest BCUT2D eigenvalue weighted by Crippen LogP contribution is 2.32. The second-order valence-corrected chi connectivity index (χ2v) is 3.71. The molecular weight excluding hydrogens is 218 g/mol. The van der Waals surface area contributed by atoms with Crippen LogP contribution in [0.4, 0.5) is 8.78 Å². The molecule has 3 nitrogen and oxygen atoms in total. The Balaban J connectivity index is 3.37. The SMILES string of the molecule is CC(CCO)(C(=O)O)c1c(F)cccc1F. The van der Waals surface area contributed by atoms with Crippen LogP contribution >= 0.6 is 0 Å². The lowest BCUT2D eigenvalue weighted by atomic mass is 9.79. The van der Waals surface area contributed by atoms with E-state index in [1.54, 1.807) is 0 Å². The Labute approximate surface area is 91.3 Å². The molecule has 0 aromatic heterocycles. The predicted octanol–water partition coefficient (Wildman–Crippen LogP) is 1.69. The molecule has 0 bridgehead atoms. The van der Waals surface area contributed by atoms with Crippen molar-refractivity contribution in [3.8, 4) is 0 Å². The maximum atomic E-state index is 13.4. The van der Waals surface area contributed by atoms with E-state index in [1.165, 1.54) is 6.92 Å². The van der Waals surface area contributed by atoms with Crippen LogP contribution in [0.1, 0.15) is 18.9 Å². The molecule has 0 amide bonds. The van der Waals surface area contributed by atoms with Crippen molar-refractivity contribution >= 4 is 5.97 Å². The van der Waals surface area contributed by atoms with Gasteiger partial charge in [0.2, 0.25) is 0 Å². The lowest BCUT2D eigenvalue weighted by Crippen LogP contribution is -2.35. The maximum absolute atomic E-state index is 13.4. The average Bonchev–Trinajstić information content (AvgIpc) is 2.17. The van der Waals surface area contributed by atoms with Crippen LogP contribution in [0.15, 0.2) is 18.2 Å². The third-order valence-electron chi connectivity index (χ3n) is 2.60. The molecule has 0 fully saturated rings. The molecule has 1 atom stereocenters. The molecular formula is C11H12F2O3. The number of rotatable bonds is 4. The van der Waals surface area contributed by atoms with Gasteiger partial charge in [0, 0.05) is 12.2 Å². The zero-order valence-corrected chi connectivity index (χ0v) is 8.70. The van der Waals surface area contributed by atoms with Gasteiger partial charge in [0.05, 0.1) is 5.41 Å². The molecule has 0 saturated heterocycles. The lowest BCUT2D eigenvalue weighted by molar-refractivity contribution is -0.144. The Morgan fingerprint density at radius 1 is 1.38 bits per heavy atom. The molecule has 16 heavy (non-hydrogen) atoms. The zero-order chi connectivity index (χ0) is 12.3. The summed E-state index contributed by atoms with van der Waals surface area (Å²) in [4.78, 5) is 11.1. The minimum Gasteiger partial charge on any atom is -0.481 e. The van der Waals surface area contributed by atoms with Gasteiger partial charge < -0.3 is 10.2 Å². The van der Waals surface area contributed by atoms with E-state index in [0.29, 0.717) is 0 Å². The first-order valence-corrected chi connectivity index (χ1v) is 4.72. The van der Waals surface area contributed by atoms with Crippen LogP contribution in [0.25, 0.3) is 0 Å². The van der Waals surface area contributed by atoms with Crippen molar-refractivity contribution in [1.29, 1.82) is 0 Å². The molecule has 1 rings (SSSR count). The Bertz CT molecular complexity index is 386. The van der Waals surface area contributed by atoms with Gasteiger partial charge in [-0.05, 0) is 25.5 Å². The second kappa shape index (κ2) is 4.57. The van der Waals surface area contributed by atoms with Crippen LogP contribution in [0, 0.1) is 11.6 Å². The highest BCUT2D eigenvalue weighted by molar-refractivity contribution is 5.81. The Kier molecular flexibility index (Phi) is 3.59. The topological polar surface area (TPSA) is 57.5 Å². The molecule has 1 unspecified atom stereocenters. The van der Waals surface area contributed by atoms with Crippen LogP contribution < -0.4 is 0 Å². The van der Waals surface area contributed by atoms with Crippen molar-refractivity contribution in [3.05, 3.63) is 35.4 Å². The highest BCUT2D eigenvalue weighted by Gasteiger charge is 2.39. The van der Waals surface area contributed by atoms with Gasteiger partial charge in [0.1, 0.15) is 11.6 Å². The van der Waals surface area contributed by atoms with Crippen molar-refractivity contribution in [2.24, 2.45) is 0 Å². The molecule has 5 heteroatoms. The number of hydrogen-bond acceptors (Lipinski definition) is 2. The predicted molar refractivity (Wildman–Crippen MR) is 53.0 cm³/mol. The van der Waals surface area contributed by atoms with Gasteiger partial charge in [0.25, 0.3) is 0 Å². The molecule has 0 saturated carbocycles. The quantitative estimate of drug-likeness (QED) is 0.827. The summed E-state index contributed by atoms with van der Waals surface area (Å²) in [6.45, 7) is 0.726. The fraction of sp³-hybridized carbons (Fsp3) is 0.364. The molecule has 0 radical (unpaired) electrons. The zero-order valence-electron chi connectivity index (χ0n) is 8.70. The molecule has 0 heterocycles. The van der Waals surface area contributed by atoms with Crippen molar-refractivity contribution in [3.63, 3.8) is 0 Å². The smallest absolute Gasteiger partial charge is 0.314 e. The van der Waals surface area contributed by atoms with Gasteiger partial charge in [0.15, 0.2) is 0 Å². The van der Waals surface area contributed by atoms with Crippen LogP contribution in [0.5, 0.6) is 0 Å². The van der Waals surface area contributed by atoms with Gasteiger partial charge in [-0.3, -0.25) is 4.79 Å². The summed E-state index contributed by atoms with van der Waals surface area (Å²) in [7, 11) is 0. The first-order valence-electron chi connectivity index (χ1n) is 4.72. The third kappa shape index (κ3) is 2.04. The molecule has 0 spiro atoms. The van der Waals surface area contributed by atoms with E-state index in [-0.39, 0.29) is 6.42 Å². The van der Waals surface area contributed by atoms with Crippen molar-refractivity contribution in [2.75, 3.05) is 6.61 Å². The molecule has 0 aliphatic heterocycles. The third-order valence-corrected chi connectivity index (χ3v) is 2.60. The van der Waals surface area contributed by atoms with Crippen LogP contribution in [0.2, 0.25) is 0 Å². The largest absolute Gasteiger partial charge is 0.481 e. The summed E-state index contributed by atoms with van der Waals surface area (Å²) >= 11 is 0. The summed E-state index contributed by atoms with van der Waals surface area (Å²) in [6.07, 6.45) is -0.250. The van der Waals surface area contributed by atoms with E-state index in [2.05, 4.69) is 0 Å². The van der Waals surface area contributed by atoms with Gasteiger partial charge in [-0.25, -0.2) is 8.78 Å². The van der Waals surface area contributed by atoms with Crippen LogP contribution in [0.3, 0.4) is 0 Å². The number of carboxylic acids is 1. The number of aliphatic carboxylic acids is 1. The highest BCUT2D eigenvalue weighted by atomic mass is 19.1. The fourth-order valence-electron chi connectivity index (χ4n) is 1.59. The van der Waals surface area contributed by atoms with Crippen molar-refractivity contribution in [2.45, 2.75) is 18.8 Å². The van der Waals surface area contributed by atoms with Crippen molar-refractivity contribution < 1.29 is 23.8 Å². The van der Waals surface area contributed by atoms with Gasteiger partial charge in [-0.15, -0.1) is 0 Å². The van der Waals surface area contributed by atoms with E-state index in [4.69, 9.17) is 10.2 Å². The number of aliphatic hydroxyl groups excluding tert-OH is 1. The molecule has 0 aliphatic rings. The molecule has 2 N–H and O–H groups in total. The summed E-state index contributed by atoms with van der Waals surface area (Å²) < 4.78 is 26.9. The Hall–Kier alpha value is -1.49. The monoisotopic (exact) mass is 230 g/mol. The number of carbonyl (C=O) groups is 1. The summed E-state index contributed by atoms with van der Waals surface area (Å²) in [5, 5.41) is 17.8. The fourth-order valence-corrected chi connectivity index (χ4v) is 1.59. The summed E-state index contributed by atoms with van der Waals surface area (Å²) in [5.74, 6) is -3.21. The van der Waals surface area contributed by atoms with E-state index >= 15 is 0 Å². The average molecular weight is 230 g/mol. The standard InChI is InChI=1S/C11H12F2O3/c1-11(5-6-14,10(15)16)9-7(12)3-2-4-8(9)13/h2-4,14H,5-6H2,1H3,(H,15,16). The molecule has 0 aliphatic carbocycles. The van der Waals surface area contributed by atoms with Gasteiger partial charge >= 0.3 is 5.97 Å². The first-order chi connectivity index (χ1) is 7.43. The van der Waals surface area contributed by atoms with Gasteiger partial charge in [-0.2, -0.15) is 0 Å². The van der Waals surface area contributed by atoms with Gasteiger partial charge in [-0.1, -0.05) is 6.07 Å². The first kappa shape index (κ1) is 12.6. The van der Waals surface area contributed by atoms with E-state index in [0.717, 1.165) is 18.2 Å². The minimum absolute atomic E-state index is 0.250. The maximum Gasteiger partial charge on any atom is 0.314 e. The number of hydrogen-bond donors (Lipinski definition) is 2. The van der Waals surface area contributed by atoms with Crippen LogP contribution in [-0.4, -0.2) is 22.8 Å². The van der Waals surface area contributed by atoms with E-state index in [9.17, 15) is 13.6 Å². The van der Waals surface area contributed by atoms with Crippen molar-refractivity contribution in [1.82, 2.24) is 0 Å². The Morgan fingerprint density at radius 3 is 2.25 bits per heavy atom.